The van der Waals surface area contributed by atoms with Gasteiger partial charge in [-0.1, -0.05) is 20.8 Å². The Morgan fingerprint density at radius 2 is 2.18 bits per heavy atom. The molecule has 0 amide bonds. The standard InChI is InChI=1S/C17H22N2O2S/c1-10-12(7-8-15(20)21)19-13-6-5-11(17(2,3)4)9-14(13)22-16(19)18-10/h7-8,11H,5-6,9H2,1-4H3,(H,20,21)/b8-7+. The molecular weight excluding hydrogens is 296 g/mol. The van der Waals surface area contributed by atoms with Crippen molar-refractivity contribution in [1.29, 1.82) is 0 Å². The van der Waals surface area contributed by atoms with E-state index in [2.05, 4.69) is 30.2 Å². The predicted molar refractivity (Wildman–Crippen MR) is 89.4 cm³/mol. The summed E-state index contributed by atoms with van der Waals surface area (Å²) in [4.78, 5) is 17.8. The van der Waals surface area contributed by atoms with Crippen molar-refractivity contribution >= 4 is 28.3 Å². The third-order valence-corrected chi connectivity index (χ3v) is 5.75. The second-order valence-electron chi connectivity index (χ2n) is 7.15. The van der Waals surface area contributed by atoms with Crippen LogP contribution in [0.5, 0.6) is 0 Å². The minimum absolute atomic E-state index is 0.325. The maximum absolute atomic E-state index is 10.8. The normalized spacial score (nSPS) is 19.0. The van der Waals surface area contributed by atoms with Gasteiger partial charge in [0.25, 0.3) is 0 Å². The lowest BCUT2D eigenvalue weighted by molar-refractivity contribution is -0.131. The van der Waals surface area contributed by atoms with Crippen molar-refractivity contribution < 1.29 is 9.90 Å². The summed E-state index contributed by atoms with van der Waals surface area (Å²) >= 11 is 1.76. The molecule has 22 heavy (non-hydrogen) atoms. The molecule has 2 aromatic rings. The van der Waals surface area contributed by atoms with Gasteiger partial charge < -0.3 is 5.11 Å². The lowest BCUT2D eigenvalue weighted by atomic mass is 9.73. The number of hydrogen-bond acceptors (Lipinski definition) is 3. The highest BCUT2D eigenvalue weighted by Gasteiger charge is 2.31. The van der Waals surface area contributed by atoms with Gasteiger partial charge in [-0.25, -0.2) is 9.78 Å². The first-order valence-electron chi connectivity index (χ1n) is 7.68. The number of hydrogen-bond donors (Lipinski definition) is 1. The maximum atomic E-state index is 10.8. The van der Waals surface area contributed by atoms with Gasteiger partial charge >= 0.3 is 5.97 Å². The van der Waals surface area contributed by atoms with Crippen molar-refractivity contribution in [1.82, 2.24) is 9.38 Å². The number of carboxylic acids is 1. The molecule has 0 spiro atoms. The van der Waals surface area contributed by atoms with E-state index in [-0.39, 0.29) is 0 Å². The molecule has 1 aliphatic rings. The molecule has 2 heterocycles. The van der Waals surface area contributed by atoms with E-state index in [0.29, 0.717) is 11.3 Å². The van der Waals surface area contributed by atoms with E-state index >= 15 is 0 Å². The summed E-state index contributed by atoms with van der Waals surface area (Å²) in [7, 11) is 0. The third kappa shape index (κ3) is 2.58. The average Bonchev–Trinajstić information content (AvgIpc) is 2.89. The van der Waals surface area contributed by atoms with Crippen LogP contribution in [-0.4, -0.2) is 20.5 Å². The minimum atomic E-state index is -0.925. The number of imidazole rings is 1. The molecule has 1 aliphatic carbocycles. The lowest BCUT2D eigenvalue weighted by Crippen LogP contribution is -2.26. The number of thiazole rings is 1. The SMILES string of the molecule is Cc1nc2sc3c(n2c1/C=C/C(=O)O)CCC(C(C)(C)C)C3. The van der Waals surface area contributed by atoms with Crippen LogP contribution >= 0.6 is 11.3 Å². The van der Waals surface area contributed by atoms with Gasteiger partial charge in [-0.15, -0.1) is 11.3 Å². The second-order valence-corrected chi connectivity index (χ2v) is 8.21. The molecule has 1 N–H and O–H groups in total. The molecular formula is C17H22N2O2S. The van der Waals surface area contributed by atoms with Crippen LogP contribution < -0.4 is 0 Å². The first kappa shape index (κ1) is 15.3. The Kier molecular flexibility index (Phi) is 3.63. The Morgan fingerprint density at radius 3 is 2.82 bits per heavy atom. The van der Waals surface area contributed by atoms with Crippen molar-refractivity contribution in [2.75, 3.05) is 0 Å². The number of aryl methyl sites for hydroxylation is 2. The smallest absolute Gasteiger partial charge is 0.328 e. The fraction of sp³-hybridized carbons (Fsp3) is 0.529. The summed E-state index contributed by atoms with van der Waals surface area (Å²) in [5.41, 5.74) is 3.45. The van der Waals surface area contributed by atoms with Crippen molar-refractivity contribution in [3.05, 3.63) is 28.0 Å². The van der Waals surface area contributed by atoms with Crippen LogP contribution in [0.2, 0.25) is 0 Å². The van der Waals surface area contributed by atoms with Crippen LogP contribution in [-0.2, 0) is 17.6 Å². The molecule has 0 fully saturated rings. The topological polar surface area (TPSA) is 54.6 Å². The summed E-state index contributed by atoms with van der Waals surface area (Å²) in [5, 5.41) is 8.87. The van der Waals surface area contributed by atoms with Crippen LogP contribution in [0.25, 0.3) is 11.0 Å². The van der Waals surface area contributed by atoms with E-state index in [4.69, 9.17) is 5.11 Å². The second kappa shape index (κ2) is 5.23. The molecule has 2 aromatic heterocycles. The predicted octanol–water partition coefficient (Wildman–Crippen LogP) is 3.95. The molecule has 0 aromatic carbocycles. The van der Waals surface area contributed by atoms with Crippen LogP contribution in [0.3, 0.4) is 0 Å². The van der Waals surface area contributed by atoms with E-state index in [1.54, 1.807) is 17.4 Å². The van der Waals surface area contributed by atoms with Gasteiger partial charge in [-0.2, -0.15) is 0 Å². The van der Waals surface area contributed by atoms with Crippen LogP contribution in [0.1, 0.15) is 49.2 Å². The fourth-order valence-corrected chi connectivity index (χ4v) is 4.57. The van der Waals surface area contributed by atoms with Crippen LogP contribution in [0, 0.1) is 18.3 Å². The van der Waals surface area contributed by atoms with Crippen molar-refractivity contribution in [3.8, 4) is 0 Å². The van der Waals surface area contributed by atoms with E-state index < -0.39 is 5.97 Å². The molecule has 0 saturated heterocycles. The van der Waals surface area contributed by atoms with Crippen LogP contribution in [0.4, 0.5) is 0 Å². The molecule has 0 radical (unpaired) electrons. The monoisotopic (exact) mass is 318 g/mol. The Labute approximate surface area is 134 Å². The maximum Gasteiger partial charge on any atom is 0.328 e. The summed E-state index contributed by atoms with van der Waals surface area (Å²) in [6, 6.07) is 0. The average molecular weight is 318 g/mol. The molecule has 4 nitrogen and oxygen atoms in total. The minimum Gasteiger partial charge on any atom is -0.478 e. The molecule has 118 valence electrons. The van der Waals surface area contributed by atoms with Gasteiger partial charge in [0.15, 0.2) is 4.96 Å². The van der Waals surface area contributed by atoms with Crippen molar-refractivity contribution in [3.63, 3.8) is 0 Å². The van der Waals surface area contributed by atoms with Gasteiger partial charge in [0.2, 0.25) is 0 Å². The van der Waals surface area contributed by atoms with Crippen molar-refractivity contribution in [2.45, 2.75) is 47.0 Å². The van der Waals surface area contributed by atoms with Crippen LogP contribution in [0.15, 0.2) is 6.08 Å². The highest BCUT2D eigenvalue weighted by Crippen LogP contribution is 2.40. The zero-order valence-corrected chi connectivity index (χ0v) is 14.3. The highest BCUT2D eigenvalue weighted by molar-refractivity contribution is 7.17. The molecule has 0 saturated carbocycles. The molecule has 5 heteroatoms. The fourth-order valence-electron chi connectivity index (χ4n) is 3.27. The van der Waals surface area contributed by atoms with E-state index in [9.17, 15) is 4.79 Å². The van der Waals surface area contributed by atoms with Gasteiger partial charge in [0.05, 0.1) is 11.4 Å². The van der Waals surface area contributed by atoms with E-state index in [1.807, 2.05) is 6.92 Å². The Hall–Kier alpha value is -1.62. The lowest BCUT2D eigenvalue weighted by Gasteiger charge is -2.33. The van der Waals surface area contributed by atoms with E-state index in [0.717, 1.165) is 29.2 Å². The zero-order chi connectivity index (χ0) is 16.1. The molecule has 0 aliphatic heterocycles. The van der Waals surface area contributed by atoms with Crippen molar-refractivity contribution in [2.24, 2.45) is 11.3 Å². The number of rotatable bonds is 2. The first-order valence-corrected chi connectivity index (χ1v) is 8.49. The van der Waals surface area contributed by atoms with Gasteiger partial charge in [-0.05, 0) is 43.6 Å². The summed E-state index contributed by atoms with van der Waals surface area (Å²) in [6.07, 6.45) is 6.19. The molecule has 3 rings (SSSR count). The Morgan fingerprint density at radius 1 is 1.45 bits per heavy atom. The van der Waals surface area contributed by atoms with Gasteiger partial charge in [-0.3, -0.25) is 4.40 Å². The molecule has 1 atom stereocenters. The first-order chi connectivity index (χ1) is 10.3. The number of fused-ring (bicyclic) bond motifs is 3. The molecule has 1 unspecified atom stereocenters. The zero-order valence-electron chi connectivity index (χ0n) is 13.5. The summed E-state index contributed by atoms with van der Waals surface area (Å²) in [5.74, 6) is -0.228. The Balaban J connectivity index is 2.06. The van der Waals surface area contributed by atoms with E-state index in [1.165, 1.54) is 23.1 Å². The number of aromatic nitrogens is 2. The quantitative estimate of drug-likeness (QED) is 0.853. The van der Waals surface area contributed by atoms with Gasteiger partial charge in [0.1, 0.15) is 0 Å². The number of carboxylic acid groups (broad SMARTS) is 1. The molecule has 0 bridgehead atoms. The summed E-state index contributed by atoms with van der Waals surface area (Å²) < 4.78 is 2.16. The number of aliphatic carboxylic acids is 1. The Bertz CT molecular complexity index is 762. The third-order valence-electron chi connectivity index (χ3n) is 4.64. The summed E-state index contributed by atoms with van der Waals surface area (Å²) in [6.45, 7) is 8.88. The number of carbonyl (C=O) groups is 1. The number of nitrogens with zero attached hydrogens (tertiary/aromatic N) is 2. The van der Waals surface area contributed by atoms with Gasteiger partial charge in [0, 0.05) is 16.6 Å². The highest BCUT2D eigenvalue weighted by atomic mass is 32.1. The largest absolute Gasteiger partial charge is 0.478 e.